The van der Waals surface area contributed by atoms with Crippen LogP contribution in [0.25, 0.3) is 11.1 Å². The second-order valence-electron chi connectivity index (χ2n) is 7.76. The van der Waals surface area contributed by atoms with E-state index < -0.39 is 36.4 Å². The Morgan fingerprint density at radius 2 is 1.63 bits per heavy atom. The zero-order valence-corrected chi connectivity index (χ0v) is 18.6. The second-order valence-corrected chi connectivity index (χ2v) is 7.76. The van der Waals surface area contributed by atoms with Crippen molar-refractivity contribution >= 4 is 29.6 Å². The van der Waals surface area contributed by atoms with Crippen LogP contribution in [-0.2, 0) is 19.1 Å². The van der Waals surface area contributed by atoms with Crippen LogP contribution < -0.4 is 10.6 Å². The number of esters is 1. The first-order chi connectivity index (χ1) is 16.9. The Labute approximate surface area is 199 Å². The SMILES string of the molecule is COC(=O)C[C@H](NC(=O)c1occc1NC(=O)OCC1c2ccccc2-c2ccccc21)C(=O)O. The molecule has 1 aliphatic rings. The third-order valence-electron chi connectivity index (χ3n) is 5.65. The number of anilines is 1. The van der Waals surface area contributed by atoms with Crippen LogP contribution in [0.15, 0.2) is 65.3 Å². The Bertz CT molecular complexity index is 1240. The molecule has 1 aliphatic carbocycles. The smallest absolute Gasteiger partial charge is 0.411 e. The molecule has 3 N–H and O–H groups in total. The highest BCUT2D eigenvalue weighted by Gasteiger charge is 2.30. The predicted molar refractivity (Wildman–Crippen MR) is 123 cm³/mol. The molecule has 0 spiro atoms. The molecule has 4 rings (SSSR count). The second kappa shape index (κ2) is 10.1. The van der Waals surface area contributed by atoms with Crippen molar-refractivity contribution in [3.63, 3.8) is 0 Å². The van der Waals surface area contributed by atoms with E-state index in [0.717, 1.165) is 35.6 Å². The van der Waals surface area contributed by atoms with E-state index in [0.29, 0.717) is 0 Å². The molecule has 1 heterocycles. The van der Waals surface area contributed by atoms with E-state index in [1.807, 2.05) is 48.5 Å². The van der Waals surface area contributed by atoms with Crippen molar-refractivity contribution in [3.05, 3.63) is 77.7 Å². The zero-order valence-electron chi connectivity index (χ0n) is 18.6. The number of carboxylic acids is 1. The van der Waals surface area contributed by atoms with E-state index in [9.17, 15) is 24.3 Å². The fraction of sp³-hybridized carbons (Fsp3) is 0.200. The molecule has 0 radical (unpaired) electrons. The number of carbonyl (C=O) groups is 4. The quantitative estimate of drug-likeness (QED) is 0.418. The third-order valence-corrected chi connectivity index (χ3v) is 5.65. The summed E-state index contributed by atoms with van der Waals surface area (Å²) in [5.41, 5.74) is 4.27. The minimum atomic E-state index is -1.54. The van der Waals surface area contributed by atoms with Crippen molar-refractivity contribution in [2.45, 2.75) is 18.4 Å². The van der Waals surface area contributed by atoms with Gasteiger partial charge in [-0.25, -0.2) is 9.59 Å². The van der Waals surface area contributed by atoms with E-state index in [4.69, 9.17) is 9.15 Å². The fourth-order valence-electron chi connectivity index (χ4n) is 4.00. The average Bonchev–Trinajstić information content (AvgIpc) is 3.44. The lowest BCUT2D eigenvalue weighted by molar-refractivity contribution is -0.147. The van der Waals surface area contributed by atoms with E-state index in [2.05, 4.69) is 15.4 Å². The van der Waals surface area contributed by atoms with Crippen LogP contribution in [0.4, 0.5) is 10.5 Å². The Morgan fingerprint density at radius 1 is 1.00 bits per heavy atom. The van der Waals surface area contributed by atoms with Crippen molar-refractivity contribution in [2.24, 2.45) is 0 Å². The van der Waals surface area contributed by atoms with Crippen molar-refractivity contribution in [1.82, 2.24) is 5.32 Å². The molecule has 0 aliphatic heterocycles. The summed E-state index contributed by atoms with van der Waals surface area (Å²) in [5, 5.41) is 13.9. The van der Waals surface area contributed by atoms with Crippen molar-refractivity contribution in [1.29, 1.82) is 0 Å². The molecule has 0 unspecified atom stereocenters. The summed E-state index contributed by atoms with van der Waals surface area (Å²) in [6.07, 6.45) is -0.232. The van der Waals surface area contributed by atoms with E-state index >= 15 is 0 Å². The number of hydrogen-bond acceptors (Lipinski definition) is 7. The number of rotatable bonds is 8. The van der Waals surface area contributed by atoms with Gasteiger partial charge in [-0.2, -0.15) is 0 Å². The molecule has 10 heteroatoms. The molecule has 2 aromatic carbocycles. The van der Waals surface area contributed by atoms with E-state index in [-0.39, 0.29) is 24.0 Å². The Balaban J connectivity index is 1.41. The number of carbonyl (C=O) groups excluding carboxylic acids is 3. The number of benzene rings is 2. The van der Waals surface area contributed by atoms with Gasteiger partial charge in [0.05, 0.1) is 25.5 Å². The van der Waals surface area contributed by atoms with Gasteiger partial charge in [0, 0.05) is 12.0 Å². The first-order valence-corrected chi connectivity index (χ1v) is 10.7. The van der Waals surface area contributed by atoms with Gasteiger partial charge in [0.25, 0.3) is 5.91 Å². The molecule has 1 atom stereocenters. The molecule has 0 fully saturated rings. The fourth-order valence-corrected chi connectivity index (χ4v) is 4.00. The highest BCUT2D eigenvalue weighted by Crippen LogP contribution is 2.44. The number of hydrogen-bond donors (Lipinski definition) is 3. The van der Waals surface area contributed by atoms with Crippen molar-refractivity contribution in [2.75, 3.05) is 19.0 Å². The van der Waals surface area contributed by atoms with Crippen LogP contribution in [0.1, 0.15) is 34.0 Å². The van der Waals surface area contributed by atoms with Crippen LogP contribution in [0.5, 0.6) is 0 Å². The van der Waals surface area contributed by atoms with Gasteiger partial charge in [0.2, 0.25) is 5.76 Å². The van der Waals surface area contributed by atoms with Crippen LogP contribution in [0.3, 0.4) is 0 Å². The summed E-state index contributed by atoms with van der Waals surface area (Å²) in [7, 11) is 1.10. The lowest BCUT2D eigenvalue weighted by Gasteiger charge is -2.15. The molecule has 10 nitrogen and oxygen atoms in total. The van der Waals surface area contributed by atoms with Crippen LogP contribution in [0.2, 0.25) is 0 Å². The summed E-state index contributed by atoms with van der Waals surface area (Å²) in [6.45, 7) is 0.0689. The summed E-state index contributed by atoms with van der Waals surface area (Å²) in [5.74, 6) is -3.65. The number of carboxylic acid groups (broad SMARTS) is 1. The monoisotopic (exact) mass is 478 g/mol. The normalized spacial score (nSPS) is 12.7. The number of ether oxygens (including phenoxy) is 2. The standard InChI is InChI=1S/C25H22N2O8/c1-33-21(28)12-20(24(30)31)26-23(29)22-19(10-11-34-22)27-25(32)35-13-18-16-8-4-2-6-14(16)15-7-3-5-9-17(15)18/h2-11,18,20H,12-13H2,1H3,(H,26,29)(H,27,32)(H,30,31)/t20-/m0/s1. The Kier molecular flexibility index (Phi) is 6.81. The van der Waals surface area contributed by atoms with Gasteiger partial charge in [0.1, 0.15) is 12.6 Å². The van der Waals surface area contributed by atoms with Crippen LogP contribution >= 0.6 is 0 Å². The van der Waals surface area contributed by atoms with Gasteiger partial charge in [0.15, 0.2) is 0 Å². The third kappa shape index (κ3) is 5.01. The van der Waals surface area contributed by atoms with Crippen molar-refractivity contribution in [3.8, 4) is 11.1 Å². The number of amides is 2. The molecule has 0 bridgehead atoms. The highest BCUT2D eigenvalue weighted by atomic mass is 16.5. The molecule has 0 saturated heterocycles. The first kappa shape index (κ1) is 23.6. The maximum Gasteiger partial charge on any atom is 0.411 e. The molecular weight excluding hydrogens is 456 g/mol. The van der Waals surface area contributed by atoms with E-state index in [1.165, 1.54) is 6.07 Å². The van der Waals surface area contributed by atoms with Gasteiger partial charge in [-0.15, -0.1) is 0 Å². The van der Waals surface area contributed by atoms with Gasteiger partial charge >= 0.3 is 18.0 Å². The minimum Gasteiger partial charge on any atom is -0.480 e. The predicted octanol–water partition coefficient (Wildman–Crippen LogP) is 3.39. The molecular formula is C25H22N2O8. The van der Waals surface area contributed by atoms with Crippen LogP contribution in [0, 0.1) is 0 Å². The summed E-state index contributed by atoms with van der Waals surface area (Å²) in [6, 6.07) is 15.6. The average molecular weight is 478 g/mol. The van der Waals surface area contributed by atoms with Gasteiger partial charge < -0.3 is 24.3 Å². The molecule has 180 valence electrons. The number of furan rings is 1. The lowest BCUT2D eigenvalue weighted by Crippen LogP contribution is -2.42. The molecule has 35 heavy (non-hydrogen) atoms. The molecule has 0 saturated carbocycles. The number of fused-ring (bicyclic) bond motifs is 3. The molecule has 1 aromatic heterocycles. The largest absolute Gasteiger partial charge is 0.480 e. The Morgan fingerprint density at radius 3 is 2.23 bits per heavy atom. The maximum atomic E-state index is 12.5. The van der Waals surface area contributed by atoms with Gasteiger partial charge in [-0.1, -0.05) is 48.5 Å². The van der Waals surface area contributed by atoms with Crippen LogP contribution in [-0.4, -0.2) is 48.8 Å². The summed E-state index contributed by atoms with van der Waals surface area (Å²) in [4.78, 5) is 47.8. The zero-order chi connectivity index (χ0) is 24.9. The number of nitrogens with one attached hydrogen (secondary N) is 2. The molecule has 3 aromatic rings. The highest BCUT2D eigenvalue weighted by molar-refractivity contribution is 6.02. The minimum absolute atomic E-state index is 0.0121. The maximum absolute atomic E-state index is 12.5. The first-order valence-electron chi connectivity index (χ1n) is 10.7. The van der Waals surface area contributed by atoms with E-state index in [1.54, 1.807) is 0 Å². The van der Waals surface area contributed by atoms with Crippen molar-refractivity contribution < 1.29 is 38.2 Å². The van der Waals surface area contributed by atoms with Gasteiger partial charge in [-0.05, 0) is 22.3 Å². The number of aliphatic carboxylic acids is 1. The van der Waals surface area contributed by atoms with Gasteiger partial charge in [-0.3, -0.25) is 14.9 Å². The topological polar surface area (TPSA) is 144 Å². The molecule has 2 amide bonds. The summed E-state index contributed by atoms with van der Waals surface area (Å²) >= 11 is 0. The Hall–Kier alpha value is -4.60. The summed E-state index contributed by atoms with van der Waals surface area (Å²) < 4.78 is 15.0. The number of methoxy groups -OCH3 is 1. The lowest BCUT2D eigenvalue weighted by atomic mass is 9.98.